The first-order chi connectivity index (χ1) is 12.7. The summed E-state index contributed by atoms with van der Waals surface area (Å²) in [5, 5.41) is 0. The lowest BCUT2D eigenvalue weighted by molar-refractivity contribution is 0.101. The number of aromatic nitrogens is 1. The Labute approximate surface area is 156 Å². The van der Waals surface area contributed by atoms with E-state index in [1.165, 1.54) is 5.56 Å². The molecule has 1 aliphatic heterocycles. The number of hydrogen-bond acceptors (Lipinski definition) is 4. The number of pyridine rings is 1. The second-order valence-electron chi connectivity index (χ2n) is 7.12. The van der Waals surface area contributed by atoms with Crippen molar-refractivity contribution in [1.82, 2.24) is 9.88 Å². The zero-order chi connectivity index (χ0) is 18.4. The van der Waals surface area contributed by atoms with Gasteiger partial charge in [0.15, 0.2) is 5.78 Å². The van der Waals surface area contributed by atoms with Crippen molar-refractivity contribution in [2.45, 2.75) is 45.7 Å². The molecule has 1 aromatic carbocycles. The Morgan fingerprint density at radius 2 is 1.88 bits per heavy atom. The summed E-state index contributed by atoms with van der Waals surface area (Å²) in [5.74, 6) is 0.957. The molecule has 0 bridgehead atoms. The molecule has 138 valence electrons. The van der Waals surface area contributed by atoms with Gasteiger partial charge in [0.2, 0.25) is 0 Å². The number of carbonyl (C=O) groups is 1. The normalized spacial score (nSPS) is 15.8. The van der Waals surface area contributed by atoms with Crippen LogP contribution in [0.2, 0.25) is 0 Å². The second kappa shape index (κ2) is 8.95. The van der Waals surface area contributed by atoms with Crippen LogP contribution in [-0.4, -0.2) is 41.3 Å². The predicted octanol–water partition coefficient (Wildman–Crippen LogP) is 4.17. The fourth-order valence-electron chi connectivity index (χ4n) is 3.83. The summed E-state index contributed by atoms with van der Waals surface area (Å²) in [6, 6.07) is 14.9. The number of benzene rings is 1. The monoisotopic (exact) mass is 351 g/mol. The molecule has 0 amide bonds. The van der Waals surface area contributed by atoms with Crippen molar-refractivity contribution < 1.29 is 4.79 Å². The zero-order valence-corrected chi connectivity index (χ0v) is 15.9. The Morgan fingerprint density at radius 1 is 1.15 bits per heavy atom. The van der Waals surface area contributed by atoms with E-state index in [-0.39, 0.29) is 5.78 Å². The van der Waals surface area contributed by atoms with Crippen molar-refractivity contribution in [3.05, 3.63) is 59.8 Å². The van der Waals surface area contributed by atoms with Gasteiger partial charge in [0.25, 0.3) is 0 Å². The van der Waals surface area contributed by atoms with Gasteiger partial charge < -0.3 is 4.90 Å². The minimum absolute atomic E-state index is 0.0933. The van der Waals surface area contributed by atoms with Gasteiger partial charge in [-0.3, -0.25) is 9.69 Å². The van der Waals surface area contributed by atoms with Gasteiger partial charge >= 0.3 is 0 Å². The average Bonchev–Trinajstić information content (AvgIpc) is 2.68. The third-order valence-electron chi connectivity index (χ3n) is 5.15. The molecule has 1 aromatic heterocycles. The molecule has 0 saturated carbocycles. The summed E-state index contributed by atoms with van der Waals surface area (Å²) >= 11 is 0. The number of Topliss-reactive ketones (excluding diaryl/α,β-unsaturated/α-hetero) is 1. The highest BCUT2D eigenvalue weighted by Gasteiger charge is 2.27. The molecule has 26 heavy (non-hydrogen) atoms. The lowest BCUT2D eigenvalue weighted by Gasteiger charge is -2.39. The van der Waals surface area contributed by atoms with E-state index in [0.29, 0.717) is 6.04 Å². The van der Waals surface area contributed by atoms with Gasteiger partial charge in [-0.25, -0.2) is 4.98 Å². The average molecular weight is 351 g/mol. The van der Waals surface area contributed by atoms with Crippen molar-refractivity contribution in [2.24, 2.45) is 0 Å². The van der Waals surface area contributed by atoms with E-state index in [1.807, 2.05) is 12.1 Å². The lowest BCUT2D eigenvalue weighted by atomic mass is 10.0. The molecular formula is C22H29N3O. The van der Waals surface area contributed by atoms with Crippen molar-refractivity contribution in [1.29, 1.82) is 0 Å². The molecule has 3 rings (SSSR count). The molecule has 2 heterocycles. The molecule has 4 nitrogen and oxygen atoms in total. The number of anilines is 1. The van der Waals surface area contributed by atoms with Crippen molar-refractivity contribution in [3.63, 3.8) is 0 Å². The Morgan fingerprint density at radius 3 is 2.54 bits per heavy atom. The molecule has 0 spiro atoms. The van der Waals surface area contributed by atoms with Gasteiger partial charge in [0.05, 0.1) is 5.56 Å². The largest absolute Gasteiger partial charge is 0.353 e. The Bertz CT molecular complexity index is 708. The molecule has 1 aliphatic rings. The van der Waals surface area contributed by atoms with Crippen LogP contribution in [0.3, 0.4) is 0 Å². The standard InChI is InChI=1S/C22H29N3O/c1-3-14-25(22-21(18(2)26)10-7-13-23-22)20-11-15-24(16-12-20)17-19-8-5-4-6-9-19/h4-10,13,20H,3,11-12,14-17H2,1-2H3. The number of piperidine rings is 1. The summed E-state index contributed by atoms with van der Waals surface area (Å²) in [7, 11) is 0. The highest BCUT2D eigenvalue weighted by Crippen LogP contribution is 2.26. The molecule has 0 radical (unpaired) electrons. The van der Waals surface area contributed by atoms with Crippen LogP contribution in [0.15, 0.2) is 48.7 Å². The number of likely N-dealkylation sites (tertiary alicyclic amines) is 1. The molecule has 4 heteroatoms. The Kier molecular flexibility index (Phi) is 6.40. The molecule has 0 aliphatic carbocycles. The second-order valence-corrected chi connectivity index (χ2v) is 7.12. The van der Waals surface area contributed by atoms with E-state index in [0.717, 1.165) is 56.8 Å². The van der Waals surface area contributed by atoms with E-state index in [2.05, 4.69) is 52.0 Å². The van der Waals surface area contributed by atoms with Crippen LogP contribution >= 0.6 is 0 Å². The highest BCUT2D eigenvalue weighted by molar-refractivity contribution is 5.98. The first-order valence-electron chi connectivity index (χ1n) is 9.68. The summed E-state index contributed by atoms with van der Waals surface area (Å²) < 4.78 is 0. The maximum atomic E-state index is 12.0. The third-order valence-corrected chi connectivity index (χ3v) is 5.15. The Balaban J connectivity index is 1.68. The lowest BCUT2D eigenvalue weighted by Crippen LogP contribution is -2.45. The van der Waals surface area contributed by atoms with Crippen LogP contribution in [-0.2, 0) is 6.54 Å². The van der Waals surface area contributed by atoms with Crippen LogP contribution in [0, 0.1) is 0 Å². The van der Waals surface area contributed by atoms with Crippen molar-refractivity contribution >= 4 is 11.6 Å². The smallest absolute Gasteiger partial charge is 0.163 e. The van der Waals surface area contributed by atoms with Crippen LogP contribution in [0.25, 0.3) is 0 Å². The molecule has 1 fully saturated rings. The number of nitrogens with zero attached hydrogens (tertiary/aromatic N) is 3. The molecule has 0 N–H and O–H groups in total. The van der Waals surface area contributed by atoms with Gasteiger partial charge in [-0.05, 0) is 43.9 Å². The van der Waals surface area contributed by atoms with Gasteiger partial charge in [-0.2, -0.15) is 0 Å². The fraction of sp³-hybridized carbons (Fsp3) is 0.455. The van der Waals surface area contributed by atoms with E-state index < -0.39 is 0 Å². The molecule has 1 saturated heterocycles. The first kappa shape index (κ1) is 18.6. The van der Waals surface area contributed by atoms with Crippen LogP contribution in [0.4, 0.5) is 5.82 Å². The van der Waals surface area contributed by atoms with Gasteiger partial charge in [-0.15, -0.1) is 0 Å². The van der Waals surface area contributed by atoms with Crippen LogP contribution < -0.4 is 4.90 Å². The summed E-state index contributed by atoms with van der Waals surface area (Å²) in [4.78, 5) is 21.5. The van der Waals surface area contributed by atoms with Gasteiger partial charge in [0, 0.05) is 38.4 Å². The predicted molar refractivity (Wildman–Crippen MR) is 107 cm³/mol. The maximum Gasteiger partial charge on any atom is 0.163 e. The zero-order valence-electron chi connectivity index (χ0n) is 15.9. The van der Waals surface area contributed by atoms with E-state index >= 15 is 0 Å². The van der Waals surface area contributed by atoms with E-state index in [4.69, 9.17) is 0 Å². The van der Waals surface area contributed by atoms with Crippen molar-refractivity contribution in [2.75, 3.05) is 24.5 Å². The molecule has 0 atom stereocenters. The fourth-order valence-corrected chi connectivity index (χ4v) is 3.83. The van der Waals surface area contributed by atoms with Gasteiger partial charge in [0.1, 0.15) is 5.82 Å². The topological polar surface area (TPSA) is 36.4 Å². The van der Waals surface area contributed by atoms with Crippen LogP contribution in [0.1, 0.15) is 49.0 Å². The van der Waals surface area contributed by atoms with E-state index in [9.17, 15) is 4.79 Å². The number of ketones is 1. The SMILES string of the molecule is CCCN(c1ncccc1C(C)=O)C1CCN(Cc2ccccc2)CC1. The molecular weight excluding hydrogens is 322 g/mol. The van der Waals surface area contributed by atoms with Gasteiger partial charge in [-0.1, -0.05) is 37.3 Å². The minimum atomic E-state index is 0.0933. The molecule has 2 aromatic rings. The first-order valence-corrected chi connectivity index (χ1v) is 9.68. The molecule has 0 unspecified atom stereocenters. The third kappa shape index (κ3) is 4.50. The van der Waals surface area contributed by atoms with Crippen LogP contribution in [0.5, 0.6) is 0 Å². The quantitative estimate of drug-likeness (QED) is 0.702. The minimum Gasteiger partial charge on any atom is -0.353 e. The number of rotatable bonds is 7. The highest BCUT2D eigenvalue weighted by atomic mass is 16.1. The summed E-state index contributed by atoms with van der Waals surface area (Å²) in [6.07, 6.45) is 5.08. The van der Waals surface area contributed by atoms with Crippen molar-refractivity contribution in [3.8, 4) is 0 Å². The summed E-state index contributed by atoms with van der Waals surface area (Å²) in [5.41, 5.74) is 2.12. The summed E-state index contributed by atoms with van der Waals surface area (Å²) in [6.45, 7) is 7.95. The van der Waals surface area contributed by atoms with E-state index in [1.54, 1.807) is 13.1 Å². The Hall–Kier alpha value is -2.20. The maximum absolute atomic E-state index is 12.0. The number of hydrogen-bond donors (Lipinski definition) is 0. The number of carbonyl (C=O) groups excluding carboxylic acids is 1.